The lowest BCUT2D eigenvalue weighted by atomic mass is 10.1. The Labute approximate surface area is 236 Å². The molecule has 0 saturated carbocycles. The molecule has 2 N–H and O–H groups in total. The molecule has 2 aliphatic rings. The summed E-state index contributed by atoms with van der Waals surface area (Å²) < 4.78 is 51.9. The number of alkyl halides is 3. The van der Waals surface area contributed by atoms with E-state index >= 15 is 0 Å². The van der Waals surface area contributed by atoms with E-state index in [1.54, 1.807) is 31.3 Å². The van der Waals surface area contributed by atoms with Gasteiger partial charge in [0.25, 0.3) is 5.91 Å². The molecule has 2 saturated heterocycles. The van der Waals surface area contributed by atoms with Crippen LogP contribution in [0.15, 0.2) is 48.8 Å². The number of ether oxygens (including phenoxy) is 2. The number of hydrogen-bond donors (Lipinski definition) is 2. The number of amides is 1. The van der Waals surface area contributed by atoms with Crippen molar-refractivity contribution in [1.29, 1.82) is 0 Å². The molecule has 0 bridgehead atoms. The van der Waals surface area contributed by atoms with E-state index in [4.69, 9.17) is 9.47 Å². The molecule has 2 fully saturated rings. The van der Waals surface area contributed by atoms with Crippen LogP contribution in [0.1, 0.15) is 34.5 Å². The molecule has 2 aromatic heterocycles. The smallest absolute Gasteiger partial charge is 0.381 e. The predicted molar refractivity (Wildman–Crippen MR) is 151 cm³/mol. The zero-order valence-electron chi connectivity index (χ0n) is 23.0. The second-order valence-corrected chi connectivity index (χ2v) is 10.2. The molecule has 41 heavy (non-hydrogen) atoms. The van der Waals surface area contributed by atoms with Gasteiger partial charge in [0.2, 0.25) is 0 Å². The van der Waals surface area contributed by atoms with Crippen molar-refractivity contribution in [2.45, 2.75) is 32.0 Å². The summed E-state index contributed by atoms with van der Waals surface area (Å²) in [5.41, 5.74) is 1.60. The van der Waals surface area contributed by atoms with Gasteiger partial charge in [-0.05, 0) is 56.2 Å². The SMILES string of the molecule is Cc1ncc(Nc2cc(N3CCOCC3)cc(C(F)(F)F)c2)cc1C(=O)Nc1ccc(N(C)C2CCOCC2)nc1. The highest BCUT2D eigenvalue weighted by Crippen LogP contribution is 2.35. The minimum Gasteiger partial charge on any atom is -0.381 e. The van der Waals surface area contributed by atoms with Crippen molar-refractivity contribution in [3.8, 4) is 0 Å². The van der Waals surface area contributed by atoms with Gasteiger partial charge in [-0.3, -0.25) is 9.78 Å². The van der Waals surface area contributed by atoms with E-state index in [9.17, 15) is 18.0 Å². The summed E-state index contributed by atoms with van der Waals surface area (Å²) in [4.78, 5) is 25.9. The highest BCUT2D eigenvalue weighted by atomic mass is 19.4. The minimum atomic E-state index is -4.52. The number of aryl methyl sites for hydroxylation is 1. The lowest BCUT2D eigenvalue weighted by Gasteiger charge is -2.32. The first kappa shape index (κ1) is 28.6. The Morgan fingerprint density at radius 3 is 2.34 bits per heavy atom. The number of carbonyl (C=O) groups excluding carboxylic acids is 1. The molecule has 3 aromatic rings. The Kier molecular flexibility index (Phi) is 8.60. The van der Waals surface area contributed by atoms with Crippen molar-refractivity contribution < 1.29 is 27.4 Å². The molecule has 0 aliphatic carbocycles. The highest BCUT2D eigenvalue weighted by molar-refractivity contribution is 6.05. The van der Waals surface area contributed by atoms with Gasteiger partial charge in [0.05, 0.1) is 53.8 Å². The molecule has 9 nitrogen and oxygen atoms in total. The molecule has 2 aliphatic heterocycles. The Bertz CT molecular complexity index is 1360. The first-order valence-corrected chi connectivity index (χ1v) is 13.5. The van der Waals surface area contributed by atoms with Crippen LogP contribution >= 0.6 is 0 Å². The van der Waals surface area contributed by atoms with Crippen LogP contribution in [-0.4, -0.2) is 68.5 Å². The molecule has 0 radical (unpaired) electrons. The van der Waals surface area contributed by atoms with Crippen LogP contribution in [0, 0.1) is 6.92 Å². The maximum atomic E-state index is 13.7. The van der Waals surface area contributed by atoms with Gasteiger partial charge >= 0.3 is 6.18 Å². The standard InChI is InChI=1S/C29H33F3N6O3/c1-19-26(28(39)36-21-3-4-27(34-17-21)37(2)24-5-9-40-10-6-24)16-23(18-33-19)35-22-13-20(29(30,31)32)14-25(15-22)38-7-11-41-12-8-38/h3-4,13-18,24,35H,5-12H2,1-2H3,(H,36,39). The molecular weight excluding hydrogens is 537 g/mol. The van der Waals surface area contributed by atoms with Crippen molar-refractivity contribution in [2.75, 3.05) is 67.0 Å². The molecule has 1 aromatic carbocycles. The van der Waals surface area contributed by atoms with Gasteiger partial charge in [0.15, 0.2) is 0 Å². The summed E-state index contributed by atoms with van der Waals surface area (Å²) in [6, 6.07) is 9.42. The van der Waals surface area contributed by atoms with E-state index in [-0.39, 0.29) is 5.69 Å². The van der Waals surface area contributed by atoms with Crippen LogP contribution in [0.4, 0.5) is 41.7 Å². The first-order chi connectivity index (χ1) is 19.7. The fourth-order valence-electron chi connectivity index (χ4n) is 4.98. The molecule has 0 unspecified atom stereocenters. The van der Waals surface area contributed by atoms with Gasteiger partial charge in [-0.15, -0.1) is 0 Å². The number of halogens is 3. The Morgan fingerprint density at radius 1 is 0.951 bits per heavy atom. The molecule has 218 valence electrons. The van der Waals surface area contributed by atoms with Crippen LogP contribution in [0.2, 0.25) is 0 Å². The molecule has 5 rings (SSSR count). The molecule has 0 atom stereocenters. The number of carbonyl (C=O) groups is 1. The highest BCUT2D eigenvalue weighted by Gasteiger charge is 2.32. The van der Waals surface area contributed by atoms with Crippen LogP contribution in [0.5, 0.6) is 0 Å². The number of nitrogens with zero attached hydrogens (tertiary/aromatic N) is 4. The van der Waals surface area contributed by atoms with E-state index in [0.29, 0.717) is 60.7 Å². The van der Waals surface area contributed by atoms with Gasteiger partial charge in [0.1, 0.15) is 5.82 Å². The fraction of sp³-hybridized carbons (Fsp3) is 0.414. The van der Waals surface area contributed by atoms with Crippen LogP contribution in [0.3, 0.4) is 0 Å². The van der Waals surface area contributed by atoms with Crippen LogP contribution in [0.25, 0.3) is 0 Å². The van der Waals surface area contributed by atoms with Crippen LogP contribution in [-0.2, 0) is 15.7 Å². The summed E-state index contributed by atoms with van der Waals surface area (Å²) in [5.74, 6) is 0.403. The van der Waals surface area contributed by atoms with Gasteiger partial charge < -0.3 is 29.9 Å². The van der Waals surface area contributed by atoms with E-state index in [0.717, 1.165) is 44.0 Å². The molecule has 12 heteroatoms. The summed E-state index contributed by atoms with van der Waals surface area (Å²) in [6.07, 6.45) is 0.441. The van der Waals surface area contributed by atoms with Gasteiger partial charge in [-0.1, -0.05) is 0 Å². The fourth-order valence-corrected chi connectivity index (χ4v) is 4.98. The number of rotatable bonds is 7. The van der Waals surface area contributed by atoms with Gasteiger partial charge in [-0.2, -0.15) is 13.2 Å². The summed E-state index contributed by atoms with van der Waals surface area (Å²) in [6.45, 7) is 5.05. The van der Waals surface area contributed by atoms with E-state index in [1.165, 1.54) is 6.20 Å². The van der Waals surface area contributed by atoms with Crippen molar-refractivity contribution in [3.05, 3.63) is 65.6 Å². The lowest BCUT2D eigenvalue weighted by molar-refractivity contribution is -0.137. The average molecular weight is 571 g/mol. The van der Waals surface area contributed by atoms with E-state index < -0.39 is 17.6 Å². The molecular formula is C29H33F3N6O3. The molecule has 0 spiro atoms. The number of anilines is 5. The van der Waals surface area contributed by atoms with Crippen molar-refractivity contribution >= 4 is 34.5 Å². The third-order valence-electron chi connectivity index (χ3n) is 7.35. The average Bonchev–Trinajstić information content (AvgIpc) is 2.98. The van der Waals surface area contributed by atoms with Gasteiger partial charge in [-0.25, -0.2) is 4.98 Å². The number of benzene rings is 1. The van der Waals surface area contributed by atoms with Crippen molar-refractivity contribution in [1.82, 2.24) is 9.97 Å². The number of aromatic nitrogens is 2. The van der Waals surface area contributed by atoms with E-state index in [1.807, 2.05) is 18.0 Å². The summed E-state index contributed by atoms with van der Waals surface area (Å²) >= 11 is 0. The normalized spacial score (nSPS) is 16.4. The second kappa shape index (κ2) is 12.3. The van der Waals surface area contributed by atoms with Crippen LogP contribution < -0.4 is 20.4 Å². The minimum absolute atomic E-state index is 0.242. The largest absolute Gasteiger partial charge is 0.416 e. The zero-order chi connectivity index (χ0) is 29.0. The maximum Gasteiger partial charge on any atom is 0.416 e. The Balaban J connectivity index is 1.31. The number of morpholine rings is 1. The first-order valence-electron chi connectivity index (χ1n) is 13.5. The van der Waals surface area contributed by atoms with Crippen molar-refractivity contribution in [3.63, 3.8) is 0 Å². The zero-order valence-corrected chi connectivity index (χ0v) is 23.0. The van der Waals surface area contributed by atoms with Gasteiger partial charge in [0, 0.05) is 50.8 Å². The van der Waals surface area contributed by atoms with Crippen molar-refractivity contribution in [2.24, 2.45) is 0 Å². The third-order valence-corrected chi connectivity index (χ3v) is 7.35. The number of nitrogens with one attached hydrogen (secondary N) is 2. The maximum absolute atomic E-state index is 13.7. The topological polar surface area (TPSA) is 91.8 Å². The monoisotopic (exact) mass is 570 g/mol. The Morgan fingerprint density at radius 2 is 1.66 bits per heavy atom. The predicted octanol–water partition coefficient (Wildman–Crippen LogP) is 5.25. The summed E-state index contributed by atoms with van der Waals surface area (Å²) in [5, 5.41) is 5.85. The lowest BCUT2D eigenvalue weighted by Crippen LogP contribution is -2.37. The van der Waals surface area contributed by atoms with E-state index in [2.05, 4.69) is 25.5 Å². The third kappa shape index (κ3) is 7.06. The number of hydrogen-bond acceptors (Lipinski definition) is 8. The second-order valence-electron chi connectivity index (χ2n) is 10.2. The number of pyridine rings is 2. The quantitative estimate of drug-likeness (QED) is 0.398. The summed E-state index contributed by atoms with van der Waals surface area (Å²) in [7, 11) is 2.00. The Hall–Kier alpha value is -3.90. The molecule has 4 heterocycles. The molecule has 1 amide bonds.